The molecule has 1 heterocycles. The smallest absolute Gasteiger partial charge is 0.123 e. The van der Waals surface area contributed by atoms with E-state index in [1.54, 1.807) is 11.3 Å². The third kappa shape index (κ3) is 3.36. The Morgan fingerprint density at radius 3 is 1.73 bits per heavy atom. The zero-order chi connectivity index (χ0) is 16.7. The summed E-state index contributed by atoms with van der Waals surface area (Å²) < 4.78 is 0. The number of benzene rings is 1. The molecule has 120 valence electrons. The number of phenolic OH excluding ortho intramolecular Hbond substituents is 1. The van der Waals surface area contributed by atoms with Crippen molar-refractivity contribution in [1.29, 1.82) is 0 Å². The van der Waals surface area contributed by atoms with E-state index in [2.05, 4.69) is 59.1 Å². The Kier molecular flexibility index (Phi) is 4.42. The average Bonchev–Trinajstić information content (AvgIpc) is 2.85. The zero-order valence-corrected chi connectivity index (χ0v) is 15.1. The second-order valence-corrected chi connectivity index (χ2v) is 8.88. The number of hydrogen-bond acceptors (Lipinski definition) is 3. The highest BCUT2D eigenvalue weighted by Crippen LogP contribution is 2.42. The van der Waals surface area contributed by atoms with E-state index in [1.807, 2.05) is 6.07 Å². The van der Waals surface area contributed by atoms with Crippen LogP contribution in [0, 0.1) is 0 Å². The molecule has 2 aromatic rings. The minimum atomic E-state index is -0.129. The first-order valence-corrected chi connectivity index (χ1v) is 8.48. The molecule has 2 N–H and O–H groups in total. The molecule has 0 bridgehead atoms. The molecule has 0 aliphatic rings. The lowest BCUT2D eigenvalue weighted by Gasteiger charge is -2.28. The maximum Gasteiger partial charge on any atom is 0.123 e. The van der Waals surface area contributed by atoms with Crippen molar-refractivity contribution in [3.8, 4) is 16.9 Å². The Morgan fingerprint density at radius 2 is 1.36 bits per heavy atom. The second-order valence-electron chi connectivity index (χ2n) is 7.88. The van der Waals surface area contributed by atoms with Gasteiger partial charge in [0.2, 0.25) is 0 Å². The predicted molar refractivity (Wildman–Crippen MR) is 94.7 cm³/mol. The van der Waals surface area contributed by atoms with Crippen molar-refractivity contribution in [3.05, 3.63) is 39.6 Å². The standard InChI is InChI=1S/C19H26O2S/c1-18(2,3)15-8-12(13-7-14(10-20)22-11-13)9-16(17(15)21)19(4,5)6/h7-9,11,20-21H,10H2,1-6H3. The Balaban J connectivity index is 2.70. The second kappa shape index (κ2) is 5.71. The summed E-state index contributed by atoms with van der Waals surface area (Å²) in [5.41, 5.74) is 3.87. The quantitative estimate of drug-likeness (QED) is 0.798. The molecule has 2 nitrogen and oxygen atoms in total. The van der Waals surface area contributed by atoms with Crippen LogP contribution in [0.4, 0.5) is 0 Å². The molecule has 0 radical (unpaired) electrons. The van der Waals surface area contributed by atoms with Gasteiger partial charge in [-0.25, -0.2) is 0 Å². The molecule has 1 aromatic carbocycles. The van der Waals surface area contributed by atoms with E-state index in [4.69, 9.17) is 0 Å². The first-order valence-electron chi connectivity index (χ1n) is 7.60. The van der Waals surface area contributed by atoms with Gasteiger partial charge in [0.15, 0.2) is 0 Å². The van der Waals surface area contributed by atoms with Crippen LogP contribution < -0.4 is 0 Å². The highest BCUT2D eigenvalue weighted by atomic mass is 32.1. The van der Waals surface area contributed by atoms with Gasteiger partial charge in [-0.05, 0) is 45.5 Å². The summed E-state index contributed by atoms with van der Waals surface area (Å²) in [6.07, 6.45) is 0. The van der Waals surface area contributed by atoms with E-state index in [9.17, 15) is 10.2 Å². The SMILES string of the molecule is CC(C)(C)c1cc(-c2csc(CO)c2)cc(C(C)(C)C)c1O. The Bertz CT molecular complexity index is 634. The molecule has 0 unspecified atom stereocenters. The van der Waals surface area contributed by atoms with Gasteiger partial charge in [-0.15, -0.1) is 11.3 Å². The third-order valence-corrected chi connectivity index (χ3v) is 4.79. The molecule has 0 fully saturated rings. The van der Waals surface area contributed by atoms with Crippen molar-refractivity contribution in [2.75, 3.05) is 0 Å². The number of hydrogen-bond donors (Lipinski definition) is 2. The van der Waals surface area contributed by atoms with Gasteiger partial charge in [0.05, 0.1) is 6.61 Å². The molecule has 2 rings (SSSR count). The lowest BCUT2D eigenvalue weighted by Crippen LogP contribution is -2.17. The minimum Gasteiger partial charge on any atom is -0.507 e. The maximum atomic E-state index is 10.7. The van der Waals surface area contributed by atoms with Crippen molar-refractivity contribution in [2.45, 2.75) is 59.0 Å². The van der Waals surface area contributed by atoms with Crippen LogP contribution in [0.25, 0.3) is 11.1 Å². The van der Waals surface area contributed by atoms with Crippen LogP contribution in [-0.2, 0) is 17.4 Å². The van der Waals surface area contributed by atoms with E-state index in [1.165, 1.54) is 0 Å². The molecule has 0 spiro atoms. The molecule has 0 aliphatic heterocycles. The maximum absolute atomic E-state index is 10.7. The first kappa shape index (κ1) is 17.0. The van der Waals surface area contributed by atoms with E-state index >= 15 is 0 Å². The molecule has 3 heteroatoms. The van der Waals surface area contributed by atoms with Crippen LogP contribution in [0.15, 0.2) is 23.6 Å². The van der Waals surface area contributed by atoms with Gasteiger partial charge in [-0.2, -0.15) is 0 Å². The molecule has 0 saturated heterocycles. The summed E-state index contributed by atoms with van der Waals surface area (Å²) in [5.74, 6) is 0.404. The third-order valence-electron chi connectivity index (χ3n) is 3.87. The summed E-state index contributed by atoms with van der Waals surface area (Å²) >= 11 is 1.56. The first-order chi connectivity index (χ1) is 10.0. The van der Waals surface area contributed by atoms with Crippen molar-refractivity contribution in [1.82, 2.24) is 0 Å². The van der Waals surface area contributed by atoms with Gasteiger partial charge in [0.25, 0.3) is 0 Å². The molecule has 0 saturated carbocycles. The summed E-state index contributed by atoms with van der Waals surface area (Å²) in [6.45, 7) is 12.8. The largest absolute Gasteiger partial charge is 0.507 e. The topological polar surface area (TPSA) is 40.5 Å². The number of aromatic hydroxyl groups is 1. The van der Waals surface area contributed by atoms with Gasteiger partial charge >= 0.3 is 0 Å². The molecule has 0 aliphatic carbocycles. The number of rotatable bonds is 2. The number of thiophene rings is 1. The van der Waals surface area contributed by atoms with Crippen LogP contribution in [-0.4, -0.2) is 10.2 Å². The molecular formula is C19H26O2S. The highest BCUT2D eigenvalue weighted by Gasteiger charge is 2.26. The zero-order valence-electron chi connectivity index (χ0n) is 14.3. The molecular weight excluding hydrogens is 292 g/mol. The van der Waals surface area contributed by atoms with Crippen molar-refractivity contribution >= 4 is 11.3 Å². The fourth-order valence-electron chi connectivity index (χ4n) is 2.56. The number of aliphatic hydroxyl groups is 1. The molecule has 1 aromatic heterocycles. The van der Waals surface area contributed by atoms with Crippen LogP contribution in [0.2, 0.25) is 0 Å². The van der Waals surface area contributed by atoms with Gasteiger partial charge < -0.3 is 10.2 Å². The van der Waals surface area contributed by atoms with Gasteiger partial charge in [-0.1, -0.05) is 41.5 Å². The van der Waals surface area contributed by atoms with Gasteiger partial charge in [0, 0.05) is 16.0 Å². The summed E-state index contributed by atoms with van der Waals surface area (Å²) in [6, 6.07) is 6.18. The van der Waals surface area contributed by atoms with Crippen molar-refractivity contribution < 1.29 is 10.2 Å². The Morgan fingerprint density at radius 1 is 0.864 bits per heavy atom. The molecule has 22 heavy (non-hydrogen) atoms. The van der Waals surface area contributed by atoms with Crippen LogP contribution >= 0.6 is 11.3 Å². The Hall–Kier alpha value is -1.32. The lowest BCUT2D eigenvalue weighted by atomic mass is 9.78. The number of phenols is 1. The van der Waals surface area contributed by atoms with Crippen LogP contribution in [0.3, 0.4) is 0 Å². The van der Waals surface area contributed by atoms with Crippen molar-refractivity contribution in [2.24, 2.45) is 0 Å². The number of aliphatic hydroxyl groups excluding tert-OH is 1. The highest BCUT2D eigenvalue weighted by molar-refractivity contribution is 7.10. The van der Waals surface area contributed by atoms with Crippen LogP contribution in [0.1, 0.15) is 57.5 Å². The minimum absolute atomic E-state index is 0.0704. The van der Waals surface area contributed by atoms with E-state index < -0.39 is 0 Å². The summed E-state index contributed by atoms with van der Waals surface area (Å²) in [4.78, 5) is 0.956. The normalized spacial score (nSPS) is 12.7. The summed E-state index contributed by atoms with van der Waals surface area (Å²) in [5, 5.41) is 22.1. The van der Waals surface area contributed by atoms with Crippen molar-refractivity contribution in [3.63, 3.8) is 0 Å². The van der Waals surface area contributed by atoms with Crippen LogP contribution in [0.5, 0.6) is 5.75 Å². The molecule has 0 atom stereocenters. The lowest BCUT2D eigenvalue weighted by molar-refractivity contribution is 0.285. The fraction of sp³-hybridized carbons (Fsp3) is 0.474. The van der Waals surface area contributed by atoms with E-state index in [-0.39, 0.29) is 17.4 Å². The average molecular weight is 318 g/mol. The van der Waals surface area contributed by atoms with Gasteiger partial charge in [0.1, 0.15) is 5.75 Å². The Labute approximate surface area is 137 Å². The van der Waals surface area contributed by atoms with E-state index in [0.717, 1.165) is 27.1 Å². The summed E-state index contributed by atoms with van der Waals surface area (Å²) in [7, 11) is 0. The fourth-order valence-corrected chi connectivity index (χ4v) is 3.31. The predicted octanol–water partition coefficient (Wildman–Crippen LogP) is 5.21. The monoisotopic (exact) mass is 318 g/mol. The van der Waals surface area contributed by atoms with Gasteiger partial charge in [-0.3, -0.25) is 0 Å². The van der Waals surface area contributed by atoms with E-state index in [0.29, 0.717) is 5.75 Å². The molecule has 0 amide bonds.